The molecule has 0 aromatic heterocycles. The summed E-state index contributed by atoms with van der Waals surface area (Å²) in [5.41, 5.74) is -1.13. The predicted octanol–water partition coefficient (Wildman–Crippen LogP) is 7.21. The smallest absolute Gasteiger partial charge is 0.315 e. The lowest BCUT2D eigenvalue weighted by molar-refractivity contribution is -0.144. The molecule has 0 saturated carbocycles. The molecule has 0 aliphatic carbocycles. The molecule has 0 spiro atoms. The van der Waals surface area contributed by atoms with Crippen molar-refractivity contribution in [3.05, 3.63) is 12.7 Å². The van der Waals surface area contributed by atoms with Crippen molar-refractivity contribution in [1.82, 2.24) is 30.5 Å². The first-order chi connectivity index (χ1) is 27.0. The Kier molecular flexibility index (Phi) is 28.0. The van der Waals surface area contributed by atoms with Gasteiger partial charge in [0.15, 0.2) is 0 Å². The average molecular weight is 843 g/mol. The van der Waals surface area contributed by atoms with Crippen LogP contribution in [0.3, 0.4) is 0 Å². The van der Waals surface area contributed by atoms with Crippen LogP contribution in [0.15, 0.2) is 12.7 Å². The van der Waals surface area contributed by atoms with Crippen molar-refractivity contribution in [1.29, 1.82) is 0 Å². The summed E-state index contributed by atoms with van der Waals surface area (Å²) in [6.45, 7) is 30.5. The number of nitrogens with one attached hydrogen (secondary N) is 4. The zero-order valence-electron chi connectivity index (χ0n) is 39.3. The summed E-state index contributed by atoms with van der Waals surface area (Å²) in [7, 11) is -2.05. The van der Waals surface area contributed by atoms with E-state index in [1.54, 1.807) is 0 Å². The summed E-state index contributed by atoms with van der Waals surface area (Å²) >= 11 is 0. The number of unbranched alkanes of at least 4 members (excludes halogenated alkanes) is 1. The van der Waals surface area contributed by atoms with Crippen LogP contribution in [-0.4, -0.2) is 104 Å². The molecule has 5 amide bonds. The average Bonchev–Trinajstić information content (AvgIpc) is 3.68. The molecule has 14 heteroatoms. The zero-order valence-corrected chi connectivity index (χ0v) is 40.1. The molecule has 0 bridgehead atoms. The highest BCUT2D eigenvalue weighted by atomic mass is 32.2. The Bertz CT molecular complexity index is 1370. The van der Waals surface area contributed by atoms with Gasteiger partial charge in [-0.15, -0.1) is 6.58 Å². The number of sulfonamides is 1. The minimum Gasteiger partial charge on any atom is -0.346 e. The Labute approximate surface area is 354 Å². The number of carbonyl (C=O) groups is 5. The van der Waals surface area contributed by atoms with Crippen LogP contribution < -0.4 is 21.3 Å². The van der Waals surface area contributed by atoms with Crippen LogP contribution >= 0.6 is 0 Å². The molecular weight excluding hydrogens is 757 g/mol. The van der Waals surface area contributed by atoms with Crippen LogP contribution in [0.2, 0.25) is 0 Å². The molecule has 6 unspecified atom stereocenters. The molecule has 6 atom stereocenters. The van der Waals surface area contributed by atoms with Gasteiger partial charge >= 0.3 is 6.03 Å². The van der Waals surface area contributed by atoms with Gasteiger partial charge in [0.2, 0.25) is 27.6 Å². The Morgan fingerprint density at radius 3 is 1.97 bits per heavy atom. The zero-order chi connectivity index (χ0) is 45.4. The van der Waals surface area contributed by atoms with Gasteiger partial charge in [-0.1, -0.05) is 128 Å². The van der Waals surface area contributed by atoms with Gasteiger partial charge in [-0.05, 0) is 61.2 Å². The number of Topliss-reactive ketones (excluding diaryl/α,β-unsaturated/α-hetero) is 1. The number of hydrogen-bond acceptors (Lipinski definition) is 7. The lowest BCUT2D eigenvalue weighted by Crippen LogP contribution is -2.62. The second-order valence-corrected chi connectivity index (χ2v) is 19.3. The summed E-state index contributed by atoms with van der Waals surface area (Å²) in [5, 5.41) is 11.3. The molecule has 1 fully saturated rings. The lowest BCUT2D eigenvalue weighted by atomic mass is 9.73. The van der Waals surface area contributed by atoms with Crippen LogP contribution in [0.4, 0.5) is 4.79 Å². The van der Waals surface area contributed by atoms with Crippen molar-refractivity contribution < 1.29 is 32.4 Å². The highest BCUT2D eigenvalue weighted by Gasteiger charge is 2.46. The number of carbonyl (C=O) groups excluding carboxylic acids is 5. The van der Waals surface area contributed by atoms with Crippen molar-refractivity contribution in [3.63, 3.8) is 0 Å². The molecule has 1 saturated heterocycles. The number of ketones is 1. The molecule has 1 aliphatic heterocycles. The standard InChI is InChI=1S/C37H68N6O7S.C5H12.C2H6/c1-12-17-21-37(9,20-13-2)31(41-35(48)40-29(36(7,8)16-5)25-42(10)51(11,49)50)34(47)43-23-18-19-28(43)32(45)39-27(24-26(6)15-4)30(44)33(46)38-22-14-3;1-4-5(2)3;1-2/h14,26-29,31H,3,12-13,15-25H2,1-2,4-11H3,(H,38,46)(H,39,45)(H2,40,41,48);5H,4H2,1-3H3;1-2H3. The maximum absolute atomic E-state index is 14.7. The molecule has 1 aliphatic rings. The SMILES string of the molecule is C=CCNC(=O)C(=O)C(CC(C)CC)NC(=O)C1CCCN1C(=O)C(NC(=O)NC(CN(C)S(C)(=O)=O)C(C)(C)CC)C(C)(CCC)CCCC.CC.CCC(C)C. The summed E-state index contributed by atoms with van der Waals surface area (Å²) in [6, 6.07) is -4.10. The molecule has 13 nitrogen and oxygen atoms in total. The van der Waals surface area contributed by atoms with Crippen LogP contribution in [0.5, 0.6) is 0 Å². The molecule has 1 heterocycles. The Morgan fingerprint density at radius 1 is 0.914 bits per heavy atom. The topological polar surface area (TPSA) is 174 Å². The normalized spacial score (nSPS) is 17.3. The summed E-state index contributed by atoms with van der Waals surface area (Å²) in [6.07, 6.45) is 10.2. The molecule has 4 N–H and O–H groups in total. The molecule has 0 radical (unpaired) electrons. The highest BCUT2D eigenvalue weighted by Crippen LogP contribution is 2.36. The minimum absolute atomic E-state index is 0.0459. The van der Waals surface area contributed by atoms with Gasteiger partial charge in [0.1, 0.15) is 12.1 Å². The highest BCUT2D eigenvalue weighted by molar-refractivity contribution is 7.88. The van der Waals surface area contributed by atoms with E-state index in [2.05, 4.69) is 55.5 Å². The van der Waals surface area contributed by atoms with Crippen molar-refractivity contribution in [2.24, 2.45) is 22.7 Å². The van der Waals surface area contributed by atoms with Gasteiger partial charge in [-0.25, -0.2) is 17.5 Å². The van der Waals surface area contributed by atoms with E-state index in [9.17, 15) is 32.4 Å². The summed E-state index contributed by atoms with van der Waals surface area (Å²) in [5.74, 6) is -1.53. The molecule has 340 valence electrons. The quantitative estimate of drug-likeness (QED) is 0.0587. The van der Waals surface area contributed by atoms with Crippen LogP contribution in [0, 0.1) is 22.7 Å². The van der Waals surface area contributed by atoms with Gasteiger partial charge in [-0.3, -0.25) is 19.2 Å². The molecule has 0 aromatic carbocycles. The molecule has 1 rings (SSSR count). The second-order valence-electron chi connectivity index (χ2n) is 17.2. The number of hydrogen-bond donors (Lipinski definition) is 4. The van der Waals surface area contributed by atoms with Gasteiger partial charge in [0.25, 0.3) is 5.91 Å². The fourth-order valence-corrected chi connectivity index (χ4v) is 6.92. The summed E-state index contributed by atoms with van der Waals surface area (Å²) in [4.78, 5) is 69.7. The second kappa shape index (κ2) is 28.5. The van der Waals surface area contributed by atoms with E-state index in [-0.39, 0.29) is 31.3 Å². The number of likely N-dealkylation sites (N-methyl/N-ethyl adjacent to an activating group) is 1. The van der Waals surface area contributed by atoms with E-state index in [0.717, 1.165) is 37.9 Å². The van der Waals surface area contributed by atoms with Gasteiger partial charge in [-0.2, -0.15) is 0 Å². The Hall–Kier alpha value is -3.00. The fourth-order valence-electron chi connectivity index (χ4n) is 6.51. The van der Waals surface area contributed by atoms with E-state index >= 15 is 0 Å². The van der Waals surface area contributed by atoms with E-state index in [0.29, 0.717) is 38.6 Å². The van der Waals surface area contributed by atoms with E-state index < -0.39 is 68.6 Å². The first kappa shape index (κ1) is 57.1. The fraction of sp³-hybridized carbons (Fsp3) is 0.841. The van der Waals surface area contributed by atoms with Crippen molar-refractivity contribution in [3.8, 4) is 0 Å². The van der Waals surface area contributed by atoms with E-state index in [1.165, 1.54) is 28.7 Å². The first-order valence-electron chi connectivity index (χ1n) is 22.0. The molecular formula is C44H86N6O7S. The lowest BCUT2D eigenvalue weighted by Gasteiger charge is -2.41. The van der Waals surface area contributed by atoms with Crippen molar-refractivity contribution >= 4 is 39.6 Å². The van der Waals surface area contributed by atoms with Crippen LogP contribution in [0.1, 0.15) is 161 Å². The van der Waals surface area contributed by atoms with E-state index in [1.807, 2.05) is 62.3 Å². The number of nitrogens with zero attached hydrogens (tertiary/aromatic N) is 2. The summed E-state index contributed by atoms with van der Waals surface area (Å²) < 4.78 is 25.8. The third-order valence-electron chi connectivity index (χ3n) is 11.6. The van der Waals surface area contributed by atoms with Gasteiger partial charge < -0.3 is 26.2 Å². The third-order valence-corrected chi connectivity index (χ3v) is 12.8. The maximum Gasteiger partial charge on any atom is 0.315 e. The van der Waals surface area contributed by atoms with Gasteiger partial charge in [0, 0.05) is 32.7 Å². The van der Waals surface area contributed by atoms with Crippen molar-refractivity contribution in [2.75, 3.05) is 32.9 Å². The maximum atomic E-state index is 14.7. The minimum atomic E-state index is -3.52. The molecule has 0 aromatic rings. The largest absolute Gasteiger partial charge is 0.346 e. The van der Waals surface area contributed by atoms with Gasteiger partial charge in [0.05, 0.1) is 12.3 Å². The Morgan fingerprint density at radius 2 is 1.50 bits per heavy atom. The first-order valence-corrected chi connectivity index (χ1v) is 23.9. The number of amides is 5. The van der Waals surface area contributed by atoms with Crippen molar-refractivity contribution in [2.45, 2.75) is 185 Å². The molecule has 58 heavy (non-hydrogen) atoms. The number of likely N-dealkylation sites (tertiary alicyclic amines) is 1. The Balaban J connectivity index is 0. The number of urea groups is 1. The van der Waals surface area contributed by atoms with Crippen LogP contribution in [0.25, 0.3) is 0 Å². The predicted molar refractivity (Wildman–Crippen MR) is 239 cm³/mol. The number of rotatable bonds is 24. The van der Waals surface area contributed by atoms with Crippen LogP contribution in [-0.2, 0) is 29.2 Å². The van der Waals surface area contributed by atoms with E-state index in [4.69, 9.17) is 0 Å². The third kappa shape index (κ3) is 19.8. The monoisotopic (exact) mass is 843 g/mol.